The molecule has 0 unspecified atom stereocenters. The number of rotatable bonds is 7. The summed E-state index contributed by atoms with van der Waals surface area (Å²) in [5, 5.41) is 0. The molecule has 74 heavy (non-hydrogen) atoms. The Labute approximate surface area is 444 Å². The maximum absolute atomic E-state index is 2.70. The van der Waals surface area contributed by atoms with Crippen molar-refractivity contribution in [1.82, 2.24) is 0 Å². The average molecular weight is 968 g/mol. The minimum absolute atomic E-state index is 0.0262. The molecular formula is C73H77N. The Morgan fingerprint density at radius 2 is 0.757 bits per heavy atom. The monoisotopic (exact) mass is 968 g/mol. The lowest BCUT2D eigenvalue weighted by Crippen LogP contribution is -2.35. The van der Waals surface area contributed by atoms with Crippen molar-refractivity contribution in [2.75, 3.05) is 4.90 Å². The molecule has 4 aliphatic carbocycles. The molecule has 12 rings (SSSR count). The lowest BCUT2D eigenvalue weighted by Gasteiger charge is -2.45. The molecule has 1 heteroatoms. The van der Waals surface area contributed by atoms with Crippen molar-refractivity contribution in [2.24, 2.45) is 0 Å². The fraction of sp³-hybridized carbons (Fsp3) is 0.342. The van der Waals surface area contributed by atoms with Crippen LogP contribution < -0.4 is 4.90 Å². The molecule has 0 bridgehead atoms. The Kier molecular flexibility index (Phi) is 11.0. The lowest BCUT2D eigenvalue weighted by molar-refractivity contribution is 0.332. The zero-order chi connectivity index (χ0) is 51.8. The molecule has 0 amide bonds. The normalized spacial score (nSPS) is 19.5. The predicted molar refractivity (Wildman–Crippen MR) is 315 cm³/mol. The SMILES string of the molecule is CC1(C)CCC(C)(C)c2cc(-c3cc4c(cc3N(c3ccc(-c5cccc6c5C(C)(C)CCC6(C)C)cc3)c3cccc5c3C(C)(C)CCC5(C)C)C(c3ccccc3)(c3ccccc3)c3ccccc3-4)ccc21. The highest BCUT2D eigenvalue weighted by atomic mass is 15.1. The fourth-order valence-electron chi connectivity index (χ4n) is 14.7. The van der Waals surface area contributed by atoms with Gasteiger partial charge < -0.3 is 4.90 Å². The first kappa shape index (κ1) is 48.5. The molecule has 0 atom stereocenters. The fourth-order valence-corrected chi connectivity index (χ4v) is 14.7. The summed E-state index contributed by atoms with van der Waals surface area (Å²) in [6.07, 6.45) is 7.00. The molecule has 0 saturated heterocycles. The number of benzene rings is 8. The Morgan fingerprint density at radius 3 is 1.38 bits per heavy atom. The molecule has 0 fully saturated rings. The van der Waals surface area contributed by atoms with Crippen molar-refractivity contribution in [3.05, 3.63) is 232 Å². The van der Waals surface area contributed by atoms with Crippen LogP contribution >= 0.6 is 0 Å². The van der Waals surface area contributed by atoms with E-state index in [0.717, 1.165) is 19.3 Å². The van der Waals surface area contributed by atoms with Gasteiger partial charge in [-0.2, -0.15) is 0 Å². The zero-order valence-electron chi connectivity index (χ0n) is 46.4. The van der Waals surface area contributed by atoms with Crippen molar-refractivity contribution >= 4 is 17.1 Å². The lowest BCUT2D eigenvalue weighted by atomic mass is 9.61. The van der Waals surface area contributed by atoms with Crippen LogP contribution in [0.3, 0.4) is 0 Å². The Balaban J connectivity index is 1.20. The second-order valence-electron chi connectivity index (χ2n) is 26.8. The van der Waals surface area contributed by atoms with Crippen LogP contribution in [0, 0.1) is 0 Å². The summed E-state index contributed by atoms with van der Waals surface area (Å²) in [4.78, 5) is 2.70. The van der Waals surface area contributed by atoms with Gasteiger partial charge in [-0.15, -0.1) is 0 Å². The Morgan fingerprint density at radius 1 is 0.284 bits per heavy atom. The van der Waals surface area contributed by atoms with Crippen LogP contribution in [0.25, 0.3) is 33.4 Å². The van der Waals surface area contributed by atoms with Crippen LogP contribution in [-0.2, 0) is 37.9 Å². The first-order valence-corrected chi connectivity index (χ1v) is 27.9. The highest BCUT2D eigenvalue weighted by Crippen LogP contribution is 2.61. The second kappa shape index (κ2) is 16.8. The molecule has 8 aromatic rings. The number of nitrogens with zero attached hydrogens (tertiary/aromatic N) is 1. The van der Waals surface area contributed by atoms with E-state index >= 15 is 0 Å². The van der Waals surface area contributed by atoms with Gasteiger partial charge in [0.15, 0.2) is 0 Å². The standard InChI is InChI=1S/C73H77N/c1-67(2)39-40-70(7,8)62-45-49(35-38-58(62)67)55-46-56-54-27-19-20-29-57(54)73(50-23-15-13-16-24-50,51-25-17-14-18-26-51)61(56)47-64(55)74(63-32-22-31-60-66(63)72(11,12)44-42-69(60,5)6)52-36-33-48(34-37-52)53-28-21-30-59-65(53)71(9,10)43-41-68(59,3)4/h13-38,45-47H,39-44H2,1-12H3. The van der Waals surface area contributed by atoms with Crippen molar-refractivity contribution in [1.29, 1.82) is 0 Å². The smallest absolute Gasteiger partial charge is 0.0714 e. The van der Waals surface area contributed by atoms with Crippen LogP contribution in [0.2, 0.25) is 0 Å². The maximum atomic E-state index is 2.70. The van der Waals surface area contributed by atoms with E-state index < -0.39 is 5.41 Å². The zero-order valence-corrected chi connectivity index (χ0v) is 46.4. The number of hydrogen-bond donors (Lipinski definition) is 0. The van der Waals surface area contributed by atoms with Gasteiger partial charge in [-0.3, -0.25) is 0 Å². The molecule has 0 spiro atoms. The van der Waals surface area contributed by atoms with Gasteiger partial charge in [-0.05, 0) is 185 Å². The Hall–Kier alpha value is -6.44. The molecule has 0 saturated carbocycles. The quantitative estimate of drug-likeness (QED) is 0.154. The third-order valence-corrected chi connectivity index (χ3v) is 19.3. The van der Waals surface area contributed by atoms with Gasteiger partial charge in [0.2, 0.25) is 0 Å². The molecular weight excluding hydrogens is 891 g/mol. The molecule has 8 aromatic carbocycles. The summed E-state index contributed by atoms with van der Waals surface area (Å²) in [6.45, 7) is 29.6. The summed E-state index contributed by atoms with van der Waals surface area (Å²) in [6, 6.07) is 68.8. The molecule has 0 N–H and O–H groups in total. The second-order valence-corrected chi connectivity index (χ2v) is 26.8. The van der Waals surface area contributed by atoms with E-state index in [9.17, 15) is 0 Å². The van der Waals surface area contributed by atoms with E-state index in [-0.39, 0.29) is 32.5 Å². The molecule has 0 aliphatic heterocycles. The summed E-state index contributed by atoms with van der Waals surface area (Å²) in [7, 11) is 0. The summed E-state index contributed by atoms with van der Waals surface area (Å²) in [5.74, 6) is 0. The van der Waals surface area contributed by atoms with Crippen LogP contribution in [-0.4, -0.2) is 0 Å². The van der Waals surface area contributed by atoms with Crippen LogP contribution in [0.5, 0.6) is 0 Å². The van der Waals surface area contributed by atoms with E-state index in [1.807, 2.05) is 0 Å². The molecule has 0 aromatic heterocycles. The van der Waals surface area contributed by atoms with Crippen LogP contribution in [0.15, 0.2) is 176 Å². The highest BCUT2D eigenvalue weighted by Gasteiger charge is 2.48. The highest BCUT2D eigenvalue weighted by molar-refractivity contribution is 5.97. The molecule has 374 valence electrons. The predicted octanol–water partition coefficient (Wildman–Crippen LogP) is 19.9. The van der Waals surface area contributed by atoms with E-state index in [1.54, 1.807) is 0 Å². The third kappa shape index (κ3) is 7.37. The van der Waals surface area contributed by atoms with Gasteiger partial charge in [0.25, 0.3) is 0 Å². The first-order valence-electron chi connectivity index (χ1n) is 27.9. The third-order valence-electron chi connectivity index (χ3n) is 19.3. The van der Waals surface area contributed by atoms with Gasteiger partial charge in [0.1, 0.15) is 0 Å². The van der Waals surface area contributed by atoms with E-state index in [1.165, 1.54) is 125 Å². The van der Waals surface area contributed by atoms with E-state index in [4.69, 9.17) is 0 Å². The van der Waals surface area contributed by atoms with E-state index in [2.05, 4.69) is 264 Å². The molecule has 1 nitrogen and oxygen atoms in total. The van der Waals surface area contributed by atoms with Crippen LogP contribution in [0.4, 0.5) is 17.1 Å². The first-order chi connectivity index (χ1) is 35.2. The summed E-state index contributed by atoms with van der Waals surface area (Å²) < 4.78 is 0. The molecule has 4 aliphatic rings. The minimum Gasteiger partial charge on any atom is -0.310 e. The minimum atomic E-state index is -0.566. The Bertz CT molecular complexity index is 3450. The van der Waals surface area contributed by atoms with Crippen LogP contribution in [0.1, 0.15) is 177 Å². The largest absolute Gasteiger partial charge is 0.310 e. The molecule has 0 radical (unpaired) electrons. The summed E-state index contributed by atoms with van der Waals surface area (Å²) >= 11 is 0. The van der Waals surface area contributed by atoms with Crippen molar-refractivity contribution in [3.63, 3.8) is 0 Å². The van der Waals surface area contributed by atoms with Gasteiger partial charge in [-0.25, -0.2) is 0 Å². The topological polar surface area (TPSA) is 3.24 Å². The van der Waals surface area contributed by atoms with Crippen molar-refractivity contribution < 1.29 is 0 Å². The summed E-state index contributed by atoms with van der Waals surface area (Å²) in [5.41, 5.74) is 25.3. The average Bonchev–Trinajstić information content (AvgIpc) is 3.71. The molecule has 0 heterocycles. The van der Waals surface area contributed by atoms with E-state index in [0.29, 0.717) is 0 Å². The van der Waals surface area contributed by atoms with Gasteiger partial charge in [0.05, 0.1) is 16.8 Å². The van der Waals surface area contributed by atoms with Crippen molar-refractivity contribution in [2.45, 2.75) is 160 Å². The van der Waals surface area contributed by atoms with Gasteiger partial charge >= 0.3 is 0 Å². The van der Waals surface area contributed by atoms with Gasteiger partial charge in [0, 0.05) is 11.3 Å². The number of anilines is 3. The number of fused-ring (bicyclic) bond motifs is 6. The maximum Gasteiger partial charge on any atom is 0.0714 e. The van der Waals surface area contributed by atoms with Crippen molar-refractivity contribution in [3.8, 4) is 33.4 Å². The van der Waals surface area contributed by atoms with Gasteiger partial charge in [-0.1, -0.05) is 229 Å². The number of hydrogen-bond acceptors (Lipinski definition) is 1.